The third-order valence-corrected chi connectivity index (χ3v) is 1.34. The van der Waals surface area contributed by atoms with E-state index >= 15 is 0 Å². The minimum Gasteiger partial charge on any atom is -0.281 e. The molecule has 1 nitrogen and oxygen atoms in total. The van der Waals surface area contributed by atoms with Crippen LogP contribution in [-0.4, -0.2) is 12.2 Å². The quantitative estimate of drug-likeness (QED) is 0.525. The fourth-order valence-corrected chi connectivity index (χ4v) is 0.568. The maximum Gasteiger partial charge on any atom is 0.0999 e. The number of halogens is 1. The maximum atomic E-state index is 5.59. The molecule has 2 heteroatoms. The van der Waals surface area contributed by atoms with E-state index in [0.717, 1.165) is 18.0 Å². The normalized spacial score (nSPS) is 12.1. The van der Waals surface area contributed by atoms with Gasteiger partial charge in [0.15, 0.2) is 0 Å². The van der Waals surface area contributed by atoms with Gasteiger partial charge in [-0.15, -0.1) is 0 Å². The molecule has 0 aromatic carbocycles. The summed E-state index contributed by atoms with van der Waals surface area (Å²) in [5.41, 5.74) is 0. The zero-order valence-corrected chi connectivity index (χ0v) is 6.20. The average molecular weight is 134 g/mol. The highest BCUT2D eigenvalue weighted by Gasteiger charge is 1.88. The van der Waals surface area contributed by atoms with Crippen molar-refractivity contribution in [1.29, 1.82) is 0 Å². The van der Waals surface area contributed by atoms with Gasteiger partial charge in [0.05, 0.1) is 5.17 Å². The molecule has 0 aliphatic heterocycles. The number of hydrogen-bond donors (Lipinski definition) is 0. The van der Waals surface area contributed by atoms with Crippen molar-refractivity contribution in [3.05, 3.63) is 0 Å². The molecule has 0 atom stereocenters. The van der Waals surface area contributed by atoms with Crippen molar-refractivity contribution in [1.82, 2.24) is 0 Å². The van der Waals surface area contributed by atoms with E-state index in [1.807, 2.05) is 0 Å². The molecule has 0 aromatic rings. The molecule has 0 amide bonds. The van der Waals surface area contributed by atoms with Crippen LogP contribution < -0.4 is 0 Å². The van der Waals surface area contributed by atoms with Gasteiger partial charge in [0, 0.05) is 13.5 Å². The third-order valence-electron chi connectivity index (χ3n) is 0.979. The summed E-state index contributed by atoms with van der Waals surface area (Å²) in [6.45, 7) is 2.14. The predicted octanol–water partition coefficient (Wildman–Crippen LogP) is 2.44. The molecule has 0 aromatic heterocycles. The standard InChI is InChI=1S/C6H12ClN/c1-3-4-5-6(7)8-2/h3-5H2,1-2H3. The summed E-state index contributed by atoms with van der Waals surface area (Å²) >= 11 is 5.59. The minimum absolute atomic E-state index is 0.742. The summed E-state index contributed by atoms with van der Waals surface area (Å²) in [5, 5.41) is 0.742. The molecule has 0 N–H and O–H groups in total. The van der Waals surface area contributed by atoms with E-state index < -0.39 is 0 Å². The molecule has 0 heterocycles. The Bertz CT molecular complexity index is 78.6. The van der Waals surface area contributed by atoms with Crippen LogP contribution in [0.2, 0.25) is 0 Å². The highest BCUT2D eigenvalue weighted by molar-refractivity contribution is 6.65. The lowest BCUT2D eigenvalue weighted by Crippen LogP contribution is -1.84. The van der Waals surface area contributed by atoms with Crippen LogP contribution in [0.3, 0.4) is 0 Å². The summed E-state index contributed by atoms with van der Waals surface area (Å²) in [5.74, 6) is 0. The van der Waals surface area contributed by atoms with Crippen molar-refractivity contribution >= 4 is 16.8 Å². The fraction of sp³-hybridized carbons (Fsp3) is 0.833. The van der Waals surface area contributed by atoms with Gasteiger partial charge in [0.2, 0.25) is 0 Å². The van der Waals surface area contributed by atoms with E-state index in [4.69, 9.17) is 11.6 Å². The van der Waals surface area contributed by atoms with Crippen LogP contribution in [0, 0.1) is 0 Å². The van der Waals surface area contributed by atoms with Crippen LogP contribution in [-0.2, 0) is 0 Å². The van der Waals surface area contributed by atoms with Crippen molar-refractivity contribution in [2.24, 2.45) is 4.99 Å². The van der Waals surface area contributed by atoms with Crippen LogP contribution in [0.4, 0.5) is 0 Å². The summed E-state index contributed by atoms with van der Waals surface area (Å²) in [7, 11) is 1.72. The van der Waals surface area contributed by atoms with Gasteiger partial charge in [0.25, 0.3) is 0 Å². The van der Waals surface area contributed by atoms with Gasteiger partial charge >= 0.3 is 0 Å². The first-order valence-electron chi connectivity index (χ1n) is 2.92. The molecule has 0 unspecified atom stereocenters. The van der Waals surface area contributed by atoms with Crippen LogP contribution in [0.1, 0.15) is 26.2 Å². The second-order valence-corrected chi connectivity index (χ2v) is 2.14. The Labute approximate surface area is 55.8 Å². The van der Waals surface area contributed by atoms with Crippen LogP contribution in [0.25, 0.3) is 0 Å². The first kappa shape index (κ1) is 7.96. The summed E-state index contributed by atoms with van der Waals surface area (Å²) in [6, 6.07) is 0. The maximum absolute atomic E-state index is 5.59. The van der Waals surface area contributed by atoms with E-state index in [1.165, 1.54) is 6.42 Å². The number of rotatable bonds is 3. The molecule has 0 saturated carbocycles. The Morgan fingerprint density at radius 3 is 2.62 bits per heavy atom. The summed E-state index contributed by atoms with van der Waals surface area (Å²) < 4.78 is 0. The van der Waals surface area contributed by atoms with Crippen molar-refractivity contribution in [3.8, 4) is 0 Å². The molecule has 48 valence electrons. The molecule has 0 fully saturated rings. The van der Waals surface area contributed by atoms with E-state index in [2.05, 4.69) is 11.9 Å². The van der Waals surface area contributed by atoms with Gasteiger partial charge in [-0.05, 0) is 6.42 Å². The van der Waals surface area contributed by atoms with E-state index in [1.54, 1.807) is 7.05 Å². The Kier molecular flexibility index (Phi) is 5.08. The molecule has 8 heavy (non-hydrogen) atoms. The van der Waals surface area contributed by atoms with Gasteiger partial charge in [-0.1, -0.05) is 24.9 Å². The molecule has 0 saturated heterocycles. The van der Waals surface area contributed by atoms with Gasteiger partial charge in [-0.3, -0.25) is 4.99 Å². The lowest BCUT2D eigenvalue weighted by Gasteiger charge is -1.90. The van der Waals surface area contributed by atoms with E-state index in [0.29, 0.717) is 0 Å². The van der Waals surface area contributed by atoms with Gasteiger partial charge < -0.3 is 0 Å². The van der Waals surface area contributed by atoms with Crippen LogP contribution in [0.15, 0.2) is 4.99 Å². The van der Waals surface area contributed by atoms with Crippen molar-refractivity contribution in [3.63, 3.8) is 0 Å². The Hall–Kier alpha value is -0.0400. The molecule has 0 bridgehead atoms. The third kappa shape index (κ3) is 4.13. The van der Waals surface area contributed by atoms with Crippen molar-refractivity contribution < 1.29 is 0 Å². The van der Waals surface area contributed by atoms with Gasteiger partial charge in [-0.2, -0.15) is 0 Å². The Balaban J connectivity index is 3.12. The number of nitrogens with zero attached hydrogens (tertiary/aromatic N) is 1. The molecular formula is C6H12ClN. The lowest BCUT2D eigenvalue weighted by atomic mass is 10.3. The second kappa shape index (κ2) is 5.10. The monoisotopic (exact) mass is 133 g/mol. The predicted molar refractivity (Wildman–Crippen MR) is 38.7 cm³/mol. The number of aliphatic imine (C=N–C) groups is 1. The first-order chi connectivity index (χ1) is 3.81. The second-order valence-electron chi connectivity index (χ2n) is 1.70. The van der Waals surface area contributed by atoms with E-state index in [-0.39, 0.29) is 0 Å². The summed E-state index contributed by atoms with van der Waals surface area (Å²) in [6.07, 6.45) is 3.27. The lowest BCUT2D eigenvalue weighted by molar-refractivity contribution is 0.839. The highest BCUT2D eigenvalue weighted by Crippen LogP contribution is 1.99. The van der Waals surface area contributed by atoms with Crippen molar-refractivity contribution in [2.45, 2.75) is 26.2 Å². The number of hydrogen-bond acceptors (Lipinski definition) is 1. The van der Waals surface area contributed by atoms with Crippen LogP contribution in [0.5, 0.6) is 0 Å². The average Bonchev–Trinajstić information content (AvgIpc) is 1.83. The smallest absolute Gasteiger partial charge is 0.0999 e. The first-order valence-corrected chi connectivity index (χ1v) is 3.30. The zero-order valence-electron chi connectivity index (χ0n) is 5.45. The zero-order chi connectivity index (χ0) is 6.41. The molecule has 0 aliphatic rings. The van der Waals surface area contributed by atoms with Gasteiger partial charge in [-0.25, -0.2) is 0 Å². The Morgan fingerprint density at radius 2 is 2.25 bits per heavy atom. The molecule has 0 rings (SSSR count). The van der Waals surface area contributed by atoms with Crippen molar-refractivity contribution in [2.75, 3.05) is 7.05 Å². The number of unbranched alkanes of at least 4 members (excludes halogenated alkanes) is 1. The summed E-state index contributed by atoms with van der Waals surface area (Å²) in [4.78, 5) is 3.81. The minimum atomic E-state index is 0.742. The topological polar surface area (TPSA) is 12.4 Å². The highest BCUT2D eigenvalue weighted by atomic mass is 35.5. The fourth-order valence-electron chi connectivity index (χ4n) is 0.434. The van der Waals surface area contributed by atoms with Crippen LogP contribution >= 0.6 is 11.6 Å². The molecular weight excluding hydrogens is 122 g/mol. The van der Waals surface area contributed by atoms with Gasteiger partial charge in [0.1, 0.15) is 0 Å². The Morgan fingerprint density at radius 1 is 1.62 bits per heavy atom. The molecule has 0 aliphatic carbocycles. The molecule has 0 radical (unpaired) electrons. The van der Waals surface area contributed by atoms with E-state index in [9.17, 15) is 0 Å². The largest absolute Gasteiger partial charge is 0.281 e. The molecule has 0 spiro atoms. The SMILES string of the molecule is CCCCC(Cl)=NC.